The van der Waals surface area contributed by atoms with Crippen LogP contribution in [0.3, 0.4) is 0 Å². The molecule has 1 aliphatic heterocycles. The number of benzene rings is 1. The molecule has 5 rings (SSSR count). The predicted molar refractivity (Wildman–Crippen MR) is 125 cm³/mol. The second-order valence-electron chi connectivity index (χ2n) is 7.44. The lowest BCUT2D eigenvalue weighted by Gasteiger charge is -2.12. The van der Waals surface area contributed by atoms with Crippen LogP contribution in [0.15, 0.2) is 48.9 Å². The summed E-state index contributed by atoms with van der Waals surface area (Å²) in [6.07, 6.45) is 5.09. The highest BCUT2D eigenvalue weighted by Crippen LogP contribution is 2.29. The molecule has 1 aromatic carbocycles. The van der Waals surface area contributed by atoms with E-state index in [1.165, 1.54) is 12.4 Å². The maximum Gasteiger partial charge on any atom is 0.157 e. The highest BCUT2D eigenvalue weighted by Gasteiger charge is 2.18. The Balaban J connectivity index is 1.11. The van der Waals surface area contributed by atoms with E-state index in [0.717, 1.165) is 47.1 Å². The zero-order valence-corrected chi connectivity index (χ0v) is 18.1. The molecule has 164 valence electrons. The van der Waals surface area contributed by atoms with E-state index in [1.54, 1.807) is 23.6 Å². The van der Waals surface area contributed by atoms with Gasteiger partial charge in [0.25, 0.3) is 0 Å². The SMILES string of the molecule is Fc1cccnc1CNc1ncnc2sc(CCNCCC3Nc4ccccc4N3)nc12. The summed E-state index contributed by atoms with van der Waals surface area (Å²) in [6, 6.07) is 11.2. The summed E-state index contributed by atoms with van der Waals surface area (Å²) >= 11 is 1.55. The first kappa shape index (κ1) is 20.5. The Labute approximate surface area is 188 Å². The van der Waals surface area contributed by atoms with Gasteiger partial charge in [-0.2, -0.15) is 0 Å². The Hall–Kier alpha value is -3.37. The zero-order chi connectivity index (χ0) is 21.8. The molecule has 3 aromatic heterocycles. The third kappa shape index (κ3) is 4.61. The molecule has 4 N–H and O–H groups in total. The normalized spacial score (nSPS) is 13.0. The second kappa shape index (κ2) is 9.41. The summed E-state index contributed by atoms with van der Waals surface area (Å²) in [7, 11) is 0. The highest BCUT2D eigenvalue weighted by atomic mass is 32.1. The van der Waals surface area contributed by atoms with Gasteiger partial charge in [0.1, 0.15) is 22.5 Å². The van der Waals surface area contributed by atoms with Crippen LogP contribution in [-0.2, 0) is 13.0 Å². The van der Waals surface area contributed by atoms with E-state index in [2.05, 4.69) is 48.4 Å². The van der Waals surface area contributed by atoms with Crippen LogP contribution in [0.4, 0.5) is 21.6 Å². The Bertz CT molecular complexity index is 1190. The minimum atomic E-state index is -0.345. The second-order valence-corrected chi connectivity index (χ2v) is 8.51. The monoisotopic (exact) mass is 450 g/mol. The van der Waals surface area contributed by atoms with Crippen LogP contribution in [0.25, 0.3) is 10.3 Å². The van der Waals surface area contributed by atoms with Gasteiger partial charge in [-0.3, -0.25) is 4.98 Å². The zero-order valence-electron chi connectivity index (χ0n) is 17.3. The lowest BCUT2D eigenvalue weighted by Crippen LogP contribution is -2.28. The van der Waals surface area contributed by atoms with Gasteiger partial charge in [-0.15, -0.1) is 0 Å². The van der Waals surface area contributed by atoms with E-state index >= 15 is 0 Å². The maximum absolute atomic E-state index is 13.8. The first-order valence-electron chi connectivity index (χ1n) is 10.5. The molecule has 0 radical (unpaired) electrons. The minimum absolute atomic E-state index is 0.236. The van der Waals surface area contributed by atoms with E-state index in [1.807, 2.05) is 12.1 Å². The van der Waals surface area contributed by atoms with Crippen molar-refractivity contribution >= 4 is 38.9 Å². The van der Waals surface area contributed by atoms with Crippen LogP contribution in [0.5, 0.6) is 0 Å². The Morgan fingerprint density at radius 3 is 2.66 bits per heavy atom. The van der Waals surface area contributed by atoms with Gasteiger partial charge in [0.05, 0.1) is 34.8 Å². The maximum atomic E-state index is 13.8. The van der Waals surface area contributed by atoms with Gasteiger partial charge in [-0.1, -0.05) is 23.5 Å². The molecule has 8 nitrogen and oxygen atoms in total. The van der Waals surface area contributed by atoms with Crippen molar-refractivity contribution in [2.75, 3.05) is 29.0 Å². The number of aromatic nitrogens is 4. The number of rotatable bonds is 9. The summed E-state index contributed by atoms with van der Waals surface area (Å²) in [5, 5.41) is 14.6. The van der Waals surface area contributed by atoms with Gasteiger partial charge >= 0.3 is 0 Å². The molecule has 0 bridgehead atoms. The molecule has 0 unspecified atom stereocenters. The first-order chi connectivity index (χ1) is 15.8. The van der Waals surface area contributed by atoms with Crippen molar-refractivity contribution < 1.29 is 4.39 Å². The molecule has 0 fully saturated rings. The number of pyridine rings is 1. The van der Waals surface area contributed by atoms with Crippen molar-refractivity contribution in [2.45, 2.75) is 25.6 Å². The number of hydrogen-bond donors (Lipinski definition) is 4. The van der Waals surface area contributed by atoms with Crippen LogP contribution in [0.1, 0.15) is 17.1 Å². The topological polar surface area (TPSA) is 99.7 Å². The minimum Gasteiger partial charge on any atom is -0.364 e. The number of para-hydroxylation sites is 2. The highest BCUT2D eigenvalue weighted by molar-refractivity contribution is 7.18. The van der Waals surface area contributed by atoms with E-state index in [-0.39, 0.29) is 18.5 Å². The third-order valence-corrected chi connectivity index (χ3v) is 6.23. The number of fused-ring (bicyclic) bond motifs is 2. The lowest BCUT2D eigenvalue weighted by atomic mass is 10.3. The number of anilines is 3. The number of nitrogens with zero attached hydrogens (tertiary/aromatic N) is 4. The van der Waals surface area contributed by atoms with Crippen molar-refractivity contribution in [1.29, 1.82) is 0 Å². The van der Waals surface area contributed by atoms with Gasteiger partial charge in [-0.05, 0) is 37.2 Å². The van der Waals surface area contributed by atoms with Gasteiger partial charge in [0.15, 0.2) is 5.82 Å². The van der Waals surface area contributed by atoms with Crippen LogP contribution in [0, 0.1) is 5.82 Å². The van der Waals surface area contributed by atoms with E-state index in [4.69, 9.17) is 4.98 Å². The van der Waals surface area contributed by atoms with Crippen molar-refractivity contribution in [3.8, 4) is 0 Å². The molecule has 0 saturated carbocycles. The number of thiazole rings is 1. The molecule has 1 aliphatic rings. The fraction of sp³-hybridized carbons (Fsp3) is 0.273. The van der Waals surface area contributed by atoms with Gasteiger partial charge < -0.3 is 21.3 Å². The van der Waals surface area contributed by atoms with E-state index in [0.29, 0.717) is 17.0 Å². The molecule has 10 heteroatoms. The molecule has 0 spiro atoms. The summed E-state index contributed by atoms with van der Waals surface area (Å²) in [4.78, 5) is 18.2. The van der Waals surface area contributed by atoms with Gasteiger partial charge in [0, 0.05) is 19.2 Å². The molecule has 32 heavy (non-hydrogen) atoms. The largest absolute Gasteiger partial charge is 0.364 e. The van der Waals surface area contributed by atoms with Crippen LogP contribution < -0.4 is 21.3 Å². The van der Waals surface area contributed by atoms with Gasteiger partial charge in [-0.25, -0.2) is 19.3 Å². The third-order valence-electron chi connectivity index (χ3n) is 5.21. The van der Waals surface area contributed by atoms with Crippen molar-refractivity contribution in [2.24, 2.45) is 0 Å². The van der Waals surface area contributed by atoms with Crippen LogP contribution >= 0.6 is 11.3 Å². The molecule has 0 atom stereocenters. The molecule has 4 heterocycles. The summed E-state index contributed by atoms with van der Waals surface area (Å²) < 4.78 is 13.8. The average molecular weight is 451 g/mol. The molecule has 0 amide bonds. The molecule has 0 saturated heterocycles. The summed E-state index contributed by atoms with van der Waals surface area (Å²) in [6.45, 7) is 1.96. The quantitative estimate of drug-likeness (QED) is 0.287. The Morgan fingerprint density at radius 2 is 1.84 bits per heavy atom. The molecule has 0 aliphatic carbocycles. The Morgan fingerprint density at radius 1 is 1.00 bits per heavy atom. The molecular weight excluding hydrogens is 427 g/mol. The molecule has 4 aromatic rings. The van der Waals surface area contributed by atoms with E-state index in [9.17, 15) is 4.39 Å². The van der Waals surface area contributed by atoms with Crippen molar-refractivity contribution in [3.63, 3.8) is 0 Å². The number of hydrogen-bond acceptors (Lipinski definition) is 9. The van der Waals surface area contributed by atoms with E-state index < -0.39 is 0 Å². The summed E-state index contributed by atoms with van der Waals surface area (Å²) in [5.74, 6) is 0.246. The van der Waals surface area contributed by atoms with Crippen molar-refractivity contribution in [3.05, 3.63) is 65.4 Å². The number of halogens is 1. The van der Waals surface area contributed by atoms with Crippen LogP contribution in [-0.4, -0.2) is 39.2 Å². The van der Waals surface area contributed by atoms with Gasteiger partial charge in [0.2, 0.25) is 0 Å². The Kier molecular flexibility index (Phi) is 6.04. The fourth-order valence-corrected chi connectivity index (χ4v) is 4.51. The first-order valence-corrected chi connectivity index (χ1v) is 11.3. The lowest BCUT2D eigenvalue weighted by molar-refractivity contribution is 0.602. The van der Waals surface area contributed by atoms with Crippen molar-refractivity contribution in [1.82, 2.24) is 25.3 Å². The summed E-state index contributed by atoms with van der Waals surface area (Å²) in [5.41, 5.74) is 3.36. The fourth-order valence-electron chi connectivity index (χ4n) is 3.61. The number of nitrogens with one attached hydrogen (secondary N) is 4. The average Bonchev–Trinajstić information content (AvgIpc) is 3.42. The van der Waals surface area contributed by atoms with Crippen LogP contribution in [0.2, 0.25) is 0 Å². The predicted octanol–water partition coefficient (Wildman–Crippen LogP) is 3.62. The molecular formula is C22H23FN8S. The standard InChI is InChI=1S/C22H23FN8S/c23-14-4-3-9-25-17(14)12-26-21-20-22(28-13-27-21)32-19(31-20)8-11-24-10-7-18-29-15-5-1-2-6-16(15)30-18/h1-6,9,13,18,24,29-30H,7-8,10-12H2,(H,26,27,28). The smallest absolute Gasteiger partial charge is 0.157 e.